The Bertz CT molecular complexity index is 291. The number of carbonyl (C=O) groups is 1. The Morgan fingerprint density at radius 1 is 1.50 bits per heavy atom. The summed E-state index contributed by atoms with van der Waals surface area (Å²) in [6, 6.07) is 0. The van der Waals surface area contributed by atoms with Gasteiger partial charge in [-0.1, -0.05) is 19.6 Å². The minimum absolute atomic E-state index is 0.0106. The molecule has 0 amide bonds. The average Bonchev–Trinajstić information content (AvgIpc) is 2.15. The predicted molar refractivity (Wildman–Crippen MR) is 66.8 cm³/mol. The molecule has 0 bridgehead atoms. The van der Waals surface area contributed by atoms with Crippen LogP contribution in [0, 0.1) is 5.92 Å². The molecule has 2 atom stereocenters. The van der Waals surface area contributed by atoms with Crippen molar-refractivity contribution >= 4 is 14.0 Å². The maximum Gasteiger partial charge on any atom is 0.307 e. The van der Waals surface area contributed by atoms with Crippen molar-refractivity contribution in [2.24, 2.45) is 5.92 Å². The Morgan fingerprint density at radius 2 is 2.12 bits per heavy atom. The van der Waals surface area contributed by atoms with Gasteiger partial charge in [0.25, 0.3) is 0 Å². The fourth-order valence-corrected chi connectivity index (χ4v) is 3.79. The molecule has 16 heavy (non-hydrogen) atoms. The number of allylic oxidation sites excluding steroid dienone is 1. The third-order valence-corrected chi connectivity index (χ3v) is 5.87. The van der Waals surface area contributed by atoms with E-state index in [2.05, 4.69) is 25.7 Å². The molecule has 0 aromatic rings. The summed E-state index contributed by atoms with van der Waals surface area (Å²) in [5, 5.41) is 9.24. The van der Waals surface area contributed by atoms with Gasteiger partial charge >= 0.3 is 5.97 Å². The number of aliphatic hydroxyl groups excluding tert-OH is 1. The van der Waals surface area contributed by atoms with Crippen LogP contribution in [0.2, 0.25) is 25.2 Å². The van der Waals surface area contributed by atoms with E-state index in [1.807, 2.05) is 0 Å². The van der Waals surface area contributed by atoms with Crippen LogP contribution in [0.5, 0.6) is 0 Å². The van der Waals surface area contributed by atoms with E-state index >= 15 is 0 Å². The molecule has 0 spiro atoms. The maximum atomic E-state index is 11.0. The Labute approximate surface area is 98.5 Å². The first kappa shape index (κ1) is 13.5. The molecule has 1 rings (SSSR count). The van der Waals surface area contributed by atoms with Crippen molar-refractivity contribution in [3.8, 4) is 0 Å². The van der Waals surface area contributed by atoms with Crippen LogP contribution in [0.3, 0.4) is 0 Å². The molecule has 0 saturated carbocycles. The first-order valence-electron chi connectivity index (χ1n) is 5.85. The zero-order valence-corrected chi connectivity index (χ0v) is 11.6. The summed E-state index contributed by atoms with van der Waals surface area (Å²) in [7, 11) is -1.24. The van der Waals surface area contributed by atoms with Gasteiger partial charge in [-0.25, -0.2) is 0 Å². The van der Waals surface area contributed by atoms with Crippen LogP contribution in [0.1, 0.15) is 19.8 Å². The second-order valence-electron chi connectivity index (χ2n) is 5.59. The Balaban J connectivity index is 2.86. The molecule has 0 radical (unpaired) electrons. The van der Waals surface area contributed by atoms with Gasteiger partial charge in [-0.2, -0.15) is 0 Å². The summed E-state index contributed by atoms with van der Waals surface area (Å²) in [4.78, 5) is 11.0. The second-order valence-corrected chi connectivity index (χ2v) is 11.1. The fraction of sp³-hybridized carbons (Fsp3) is 0.750. The second kappa shape index (κ2) is 5.14. The molecule has 0 aromatic carbocycles. The number of ether oxygens (including phenoxy) is 1. The molecular weight excluding hydrogens is 220 g/mol. The van der Waals surface area contributed by atoms with Crippen LogP contribution < -0.4 is 0 Å². The maximum absolute atomic E-state index is 11.0. The highest BCUT2D eigenvalue weighted by Gasteiger charge is 2.32. The third-order valence-electron chi connectivity index (χ3n) is 3.19. The first-order valence-corrected chi connectivity index (χ1v) is 9.43. The highest BCUT2D eigenvalue weighted by molar-refractivity contribution is 6.78. The monoisotopic (exact) mass is 242 g/mol. The highest BCUT2D eigenvalue weighted by Crippen LogP contribution is 2.38. The molecule has 0 fully saturated rings. The molecule has 0 aromatic heterocycles. The minimum Gasteiger partial charge on any atom is -0.431 e. The van der Waals surface area contributed by atoms with Crippen molar-refractivity contribution in [3.63, 3.8) is 0 Å². The van der Waals surface area contributed by atoms with Gasteiger partial charge in [-0.3, -0.25) is 4.79 Å². The Hall–Kier alpha value is -0.613. The van der Waals surface area contributed by atoms with E-state index in [4.69, 9.17) is 4.74 Å². The smallest absolute Gasteiger partial charge is 0.307 e. The van der Waals surface area contributed by atoms with E-state index in [1.165, 1.54) is 6.92 Å². The van der Waals surface area contributed by atoms with Gasteiger partial charge < -0.3 is 9.84 Å². The summed E-state index contributed by atoms with van der Waals surface area (Å²) in [6.45, 7) is 8.43. The van der Waals surface area contributed by atoms with Crippen LogP contribution in [-0.2, 0) is 9.53 Å². The van der Waals surface area contributed by atoms with Crippen molar-refractivity contribution in [1.82, 2.24) is 0 Å². The lowest BCUT2D eigenvalue weighted by molar-refractivity contribution is -0.138. The number of aliphatic hydroxyl groups is 1. The molecular formula is C12H22O3Si. The van der Waals surface area contributed by atoms with E-state index in [-0.39, 0.29) is 18.5 Å². The highest BCUT2D eigenvalue weighted by atomic mass is 28.3. The van der Waals surface area contributed by atoms with Crippen LogP contribution in [0.25, 0.3) is 0 Å². The van der Waals surface area contributed by atoms with E-state index in [1.54, 1.807) is 0 Å². The lowest BCUT2D eigenvalue weighted by Gasteiger charge is -2.33. The molecule has 2 unspecified atom stereocenters. The standard InChI is InChI=1S/C12H22O3Si/c1-9(14)15-12-7-11(16(2,3)4)6-5-10(12)8-13/h7,10-11,13H,5-6,8H2,1-4H3. The normalized spacial score (nSPS) is 26.2. The first-order chi connectivity index (χ1) is 7.34. The summed E-state index contributed by atoms with van der Waals surface area (Å²) in [6.07, 6.45) is 4.11. The molecule has 1 aliphatic carbocycles. The van der Waals surface area contributed by atoms with E-state index < -0.39 is 8.07 Å². The van der Waals surface area contributed by atoms with Crippen molar-refractivity contribution in [1.29, 1.82) is 0 Å². The van der Waals surface area contributed by atoms with Crippen molar-refractivity contribution in [3.05, 3.63) is 11.8 Å². The van der Waals surface area contributed by atoms with Crippen molar-refractivity contribution in [2.75, 3.05) is 6.61 Å². The van der Waals surface area contributed by atoms with Gasteiger partial charge in [-0.15, -0.1) is 0 Å². The largest absolute Gasteiger partial charge is 0.431 e. The van der Waals surface area contributed by atoms with Gasteiger partial charge in [0.1, 0.15) is 5.76 Å². The molecule has 0 heterocycles. The Morgan fingerprint density at radius 3 is 2.56 bits per heavy atom. The van der Waals surface area contributed by atoms with E-state index in [0.29, 0.717) is 11.3 Å². The molecule has 92 valence electrons. The Kier molecular flexibility index (Phi) is 4.33. The molecule has 0 saturated heterocycles. The topological polar surface area (TPSA) is 46.5 Å². The molecule has 4 heteroatoms. The summed E-state index contributed by atoms with van der Waals surface area (Å²) in [5.74, 6) is 0.408. The predicted octanol–water partition coefficient (Wildman–Crippen LogP) is 2.54. The third kappa shape index (κ3) is 3.45. The van der Waals surface area contributed by atoms with Crippen LogP contribution in [-0.4, -0.2) is 25.8 Å². The van der Waals surface area contributed by atoms with Crippen molar-refractivity contribution < 1.29 is 14.6 Å². The summed E-state index contributed by atoms with van der Waals surface area (Å²) < 4.78 is 5.20. The SMILES string of the molecule is CC(=O)OC1=CC([Si](C)(C)C)CCC1CO. The average molecular weight is 242 g/mol. The minimum atomic E-state index is -1.24. The fourth-order valence-electron chi connectivity index (χ4n) is 2.09. The van der Waals surface area contributed by atoms with Crippen LogP contribution in [0.15, 0.2) is 11.8 Å². The van der Waals surface area contributed by atoms with E-state index in [9.17, 15) is 9.90 Å². The number of esters is 1. The number of hydrogen-bond donors (Lipinski definition) is 1. The number of carbonyl (C=O) groups excluding carboxylic acids is 1. The van der Waals surface area contributed by atoms with Crippen molar-refractivity contribution in [2.45, 2.75) is 44.9 Å². The zero-order valence-electron chi connectivity index (χ0n) is 10.6. The summed E-state index contributed by atoms with van der Waals surface area (Å²) in [5.41, 5.74) is 0.546. The lowest BCUT2D eigenvalue weighted by atomic mass is 9.94. The lowest BCUT2D eigenvalue weighted by Crippen LogP contribution is -2.31. The molecule has 1 aliphatic rings. The van der Waals surface area contributed by atoms with Gasteiger partial charge in [0.05, 0.1) is 14.7 Å². The van der Waals surface area contributed by atoms with Crippen LogP contribution in [0.4, 0.5) is 0 Å². The van der Waals surface area contributed by atoms with Gasteiger partial charge in [0, 0.05) is 12.8 Å². The quantitative estimate of drug-likeness (QED) is 0.611. The van der Waals surface area contributed by atoms with Crippen LogP contribution >= 0.6 is 0 Å². The van der Waals surface area contributed by atoms with Gasteiger partial charge in [0.15, 0.2) is 0 Å². The number of rotatable bonds is 3. The summed E-state index contributed by atoms with van der Waals surface area (Å²) >= 11 is 0. The molecule has 1 N–H and O–H groups in total. The zero-order chi connectivity index (χ0) is 12.3. The van der Waals surface area contributed by atoms with Gasteiger partial charge in [-0.05, 0) is 24.5 Å². The van der Waals surface area contributed by atoms with Gasteiger partial charge in [0.2, 0.25) is 0 Å². The molecule has 3 nitrogen and oxygen atoms in total. The number of hydrogen-bond acceptors (Lipinski definition) is 3. The van der Waals surface area contributed by atoms with E-state index in [0.717, 1.165) is 12.8 Å². The molecule has 0 aliphatic heterocycles.